The van der Waals surface area contributed by atoms with E-state index in [1.54, 1.807) is 0 Å². The molecule has 0 fully saturated rings. The van der Waals surface area contributed by atoms with Crippen LogP contribution in [0.2, 0.25) is 0 Å². The van der Waals surface area contributed by atoms with Crippen molar-refractivity contribution >= 4 is 27.5 Å². The number of rotatable bonds is 5. The molecule has 0 saturated carbocycles. The quantitative estimate of drug-likeness (QED) is 0.782. The number of hydrogen-bond acceptors (Lipinski definition) is 2. The molecule has 96 valence electrons. The first kappa shape index (κ1) is 13.6. The van der Waals surface area contributed by atoms with Gasteiger partial charge in [-0.1, -0.05) is 46.6 Å². The molecule has 1 aromatic carbocycles. The van der Waals surface area contributed by atoms with Gasteiger partial charge in [-0.25, -0.2) is 4.68 Å². The SMILES string of the molecule is CCCc1c(CCl)nnn1Cc1ccc(Br)cc1. The third-order valence-corrected chi connectivity index (χ3v) is 3.56. The summed E-state index contributed by atoms with van der Waals surface area (Å²) in [5, 5.41) is 8.33. The van der Waals surface area contributed by atoms with E-state index in [1.807, 2.05) is 16.8 Å². The first-order valence-electron chi connectivity index (χ1n) is 5.96. The highest BCUT2D eigenvalue weighted by Gasteiger charge is 2.11. The Morgan fingerprint density at radius 1 is 1.28 bits per heavy atom. The number of aromatic nitrogens is 3. The molecule has 0 unspecified atom stereocenters. The van der Waals surface area contributed by atoms with Gasteiger partial charge in [-0.05, 0) is 24.1 Å². The zero-order chi connectivity index (χ0) is 13.0. The van der Waals surface area contributed by atoms with Crippen molar-refractivity contribution < 1.29 is 0 Å². The van der Waals surface area contributed by atoms with Crippen molar-refractivity contribution in [3.8, 4) is 0 Å². The summed E-state index contributed by atoms with van der Waals surface area (Å²) in [6.45, 7) is 2.89. The van der Waals surface area contributed by atoms with Crippen molar-refractivity contribution in [1.29, 1.82) is 0 Å². The van der Waals surface area contributed by atoms with E-state index in [4.69, 9.17) is 11.6 Å². The van der Waals surface area contributed by atoms with Crippen molar-refractivity contribution in [2.24, 2.45) is 0 Å². The fraction of sp³-hybridized carbons (Fsp3) is 0.385. The average molecular weight is 329 g/mol. The van der Waals surface area contributed by atoms with Crippen LogP contribution >= 0.6 is 27.5 Å². The molecule has 18 heavy (non-hydrogen) atoms. The minimum atomic E-state index is 0.426. The van der Waals surface area contributed by atoms with E-state index >= 15 is 0 Å². The lowest BCUT2D eigenvalue weighted by atomic mass is 10.2. The van der Waals surface area contributed by atoms with Gasteiger partial charge in [0.1, 0.15) is 5.69 Å². The van der Waals surface area contributed by atoms with Crippen LogP contribution < -0.4 is 0 Å². The van der Waals surface area contributed by atoms with Crippen molar-refractivity contribution in [2.75, 3.05) is 0 Å². The predicted molar refractivity (Wildman–Crippen MR) is 76.8 cm³/mol. The second-order valence-corrected chi connectivity index (χ2v) is 5.33. The van der Waals surface area contributed by atoms with Crippen molar-refractivity contribution in [2.45, 2.75) is 32.2 Å². The van der Waals surface area contributed by atoms with E-state index < -0.39 is 0 Å². The molecule has 5 heteroatoms. The maximum Gasteiger partial charge on any atom is 0.101 e. The zero-order valence-corrected chi connectivity index (χ0v) is 12.6. The smallest absolute Gasteiger partial charge is 0.101 e. The summed E-state index contributed by atoms with van der Waals surface area (Å²) in [6, 6.07) is 8.24. The summed E-state index contributed by atoms with van der Waals surface area (Å²) >= 11 is 9.32. The first-order valence-corrected chi connectivity index (χ1v) is 7.29. The Hall–Kier alpha value is -0.870. The Kier molecular flexibility index (Phi) is 4.78. The van der Waals surface area contributed by atoms with Crippen LogP contribution in [-0.4, -0.2) is 15.0 Å². The van der Waals surface area contributed by atoms with Gasteiger partial charge in [0.15, 0.2) is 0 Å². The van der Waals surface area contributed by atoms with Crippen LogP contribution in [0.4, 0.5) is 0 Å². The predicted octanol–water partition coefficient (Wildman–Crippen LogP) is 3.78. The van der Waals surface area contributed by atoms with E-state index in [1.165, 1.54) is 5.56 Å². The van der Waals surface area contributed by atoms with Gasteiger partial charge < -0.3 is 0 Å². The number of halogens is 2. The molecular formula is C13H15BrClN3. The number of benzene rings is 1. The normalized spacial score (nSPS) is 10.8. The molecule has 0 amide bonds. The molecule has 0 N–H and O–H groups in total. The van der Waals surface area contributed by atoms with Gasteiger partial charge in [0.25, 0.3) is 0 Å². The number of nitrogens with zero attached hydrogens (tertiary/aromatic N) is 3. The first-order chi connectivity index (χ1) is 8.74. The standard InChI is InChI=1S/C13H15BrClN3/c1-2-3-13-12(8-15)16-17-18(13)9-10-4-6-11(14)7-5-10/h4-7H,2-3,8-9H2,1H3. The fourth-order valence-electron chi connectivity index (χ4n) is 1.87. The second-order valence-electron chi connectivity index (χ2n) is 4.15. The molecule has 2 rings (SSSR count). The van der Waals surface area contributed by atoms with Gasteiger partial charge >= 0.3 is 0 Å². The summed E-state index contributed by atoms with van der Waals surface area (Å²) in [5.41, 5.74) is 3.26. The molecule has 0 saturated heterocycles. The maximum atomic E-state index is 5.88. The fourth-order valence-corrected chi connectivity index (χ4v) is 2.34. The Morgan fingerprint density at radius 2 is 2.00 bits per heavy atom. The van der Waals surface area contributed by atoms with Crippen LogP contribution in [0.15, 0.2) is 28.7 Å². The molecule has 1 aromatic heterocycles. The van der Waals surface area contributed by atoms with E-state index in [0.29, 0.717) is 5.88 Å². The van der Waals surface area contributed by atoms with Gasteiger partial charge in [0.05, 0.1) is 18.1 Å². The monoisotopic (exact) mass is 327 g/mol. The molecule has 1 heterocycles. The summed E-state index contributed by atoms with van der Waals surface area (Å²) in [7, 11) is 0. The van der Waals surface area contributed by atoms with E-state index in [2.05, 4.69) is 45.3 Å². The summed E-state index contributed by atoms with van der Waals surface area (Å²) < 4.78 is 3.03. The third-order valence-electron chi connectivity index (χ3n) is 2.78. The Balaban J connectivity index is 2.22. The highest BCUT2D eigenvalue weighted by molar-refractivity contribution is 9.10. The average Bonchev–Trinajstić information content (AvgIpc) is 2.75. The van der Waals surface area contributed by atoms with Crippen LogP contribution in [0, 0.1) is 0 Å². The van der Waals surface area contributed by atoms with E-state index in [9.17, 15) is 0 Å². The molecule has 0 bridgehead atoms. The van der Waals surface area contributed by atoms with Gasteiger partial charge in [0, 0.05) is 4.47 Å². The van der Waals surface area contributed by atoms with Crippen LogP contribution in [0.25, 0.3) is 0 Å². The summed E-state index contributed by atoms with van der Waals surface area (Å²) in [4.78, 5) is 0. The lowest BCUT2D eigenvalue weighted by Gasteiger charge is -2.06. The Morgan fingerprint density at radius 3 is 2.61 bits per heavy atom. The van der Waals surface area contributed by atoms with Crippen LogP contribution in [0.1, 0.15) is 30.3 Å². The lowest BCUT2D eigenvalue weighted by molar-refractivity contribution is 0.613. The third kappa shape index (κ3) is 3.12. The molecule has 0 aliphatic carbocycles. The highest BCUT2D eigenvalue weighted by Crippen LogP contribution is 2.15. The van der Waals surface area contributed by atoms with E-state index in [-0.39, 0.29) is 0 Å². The molecule has 0 aliphatic rings. The minimum Gasteiger partial charge on any atom is -0.245 e. The van der Waals surface area contributed by atoms with Crippen molar-refractivity contribution in [3.05, 3.63) is 45.7 Å². The largest absolute Gasteiger partial charge is 0.245 e. The lowest BCUT2D eigenvalue weighted by Crippen LogP contribution is -2.07. The van der Waals surface area contributed by atoms with Gasteiger partial charge in [-0.2, -0.15) is 0 Å². The highest BCUT2D eigenvalue weighted by atomic mass is 79.9. The zero-order valence-electron chi connectivity index (χ0n) is 10.2. The molecule has 2 aromatic rings. The molecular weight excluding hydrogens is 314 g/mol. The van der Waals surface area contributed by atoms with Gasteiger partial charge in [0.2, 0.25) is 0 Å². The molecule has 0 atom stereocenters. The summed E-state index contributed by atoms with van der Waals surface area (Å²) in [5.74, 6) is 0.426. The Bertz CT molecular complexity index is 507. The topological polar surface area (TPSA) is 30.7 Å². The Labute approximate surface area is 120 Å². The summed E-state index contributed by atoms with van der Waals surface area (Å²) in [6.07, 6.45) is 2.03. The molecule has 3 nitrogen and oxygen atoms in total. The van der Waals surface area contributed by atoms with Gasteiger partial charge in [-0.3, -0.25) is 0 Å². The van der Waals surface area contributed by atoms with Crippen LogP contribution in [-0.2, 0) is 18.8 Å². The van der Waals surface area contributed by atoms with Crippen molar-refractivity contribution in [1.82, 2.24) is 15.0 Å². The van der Waals surface area contributed by atoms with Crippen LogP contribution in [0.3, 0.4) is 0 Å². The molecule has 0 spiro atoms. The van der Waals surface area contributed by atoms with Crippen LogP contribution in [0.5, 0.6) is 0 Å². The molecule has 0 aliphatic heterocycles. The molecule has 0 radical (unpaired) electrons. The van der Waals surface area contributed by atoms with E-state index in [0.717, 1.165) is 35.2 Å². The maximum absolute atomic E-state index is 5.88. The second kappa shape index (κ2) is 6.34. The van der Waals surface area contributed by atoms with Crippen molar-refractivity contribution in [3.63, 3.8) is 0 Å². The number of alkyl halides is 1. The van der Waals surface area contributed by atoms with Gasteiger partial charge in [-0.15, -0.1) is 16.7 Å². The minimum absolute atomic E-state index is 0.426. The number of hydrogen-bond donors (Lipinski definition) is 0.